The number of hydrogen-bond donors (Lipinski definition) is 1. The number of ether oxygens (including phenoxy) is 1. The normalized spacial score (nSPS) is 16.0. The van der Waals surface area contributed by atoms with Crippen LogP contribution < -0.4 is 15.2 Å². The van der Waals surface area contributed by atoms with Gasteiger partial charge in [0.25, 0.3) is 11.5 Å². The van der Waals surface area contributed by atoms with Crippen molar-refractivity contribution in [1.82, 2.24) is 24.1 Å². The van der Waals surface area contributed by atoms with E-state index in [0.717, 1.165) is 23.2 Å². The summed E-state index contributed by atoms with van der Waals surface area (Å²) in [7, 11) is 0. The van der Waals surface area contributed by atoms with Gasteiger partial charge in [0.2, 0.25) is 5.78 Å². The maximum atomic E-state index is 13.8. The average Bonchev–Trinajstić information content (AvgIpc) is 3.41. The molecular weight excluding hydrogens is 506 g/mol. The highest BCUT2D eigenvalue weighted by atomic mass is 32.2. The zero-order valence-electron chi connectivity index (χ0n) is 21.6. The summed E-state index contributed by atoms with van der Waals surface area (Å²) in [6, 6.07) is 7.47. The Labute approximate surface area is 224 Å². The number of nitrogens with zero attached hydrogens (tertiary/aromatic N) is 6. The van der Waals surface area contributed by atoms with Crippen molar-refractivity contribution in [2.24, 2.45) is 0 Å². The molecule has 0 saturated carbocycles. The number of carbonyl (C=O) groups is 2. The van der Waals surface area contributed by atoms with Crippen molar-refractivity contribution in [3.63, 3.8) is 0 Å². The quantitative estimate of drug-likeness (QED) is 0.341. The minimum atomic E-state index is -0.264. The van der Waals surface area contributed by atoms with Crippen LogP contribution in [0.5, 0.6) is 0 Å². The third-order valence-electron chi connectivity index (χ3n) is 6.92. The number of anilines is 2. The van der Waals surface area contributed by atoms with Gasteiger partial charge in [-0.25, -0.2) is 0 Å². The van der Waals surface area contributed by atoms with Gasteiger partial charge in [-0.1, -0.05) is 37.1 Å². The van der Waals surface area contributed by atoms with E-state index in [1.54, 1.807) is 4.57 Å². The Balaban J connectivity index is 1.47. The largest absolute Gasteiger partial charge is 0.377 e. The smallest absolute Gasteiger partial charge is 0.299 e. The standard InChI is InChI=1S/C26H31N7O4S/c1-3-21-22(30-10-12-31(13-11-30)24(35)19-6-4-5-7-20(19)29-38-2)25(36)33-26(32(21)14-15-34)27-23(28-33)18-8-16-37-17-9-18/h4-8,15,29H,3,9-14,16-17H2,1-2H3. The van der Waals surface area contributed by atoms with E-state index in [-0.39, 0.29) is 18.0 Å². The average molecular weight is 538 g/mol. The molecule has 1 N–H and O–H groups in total. The monoisotopic (exact) mass is 537 g/mol. The molecule has 1 fully saturated rings. The van der Waals surface area contributed by atoms with Crippen LogP contribution >= 0.6 is 11.9 Å². The van der Waals surface area contributed by atoms with Gasteiger partial charge in [0.15, 0.2) is 5.82 Å². The van der Waals surface area contributed by atoms with Gasteiger partial charge >= 0.3 is 0 Å². The number of amides is 1. The molecule has 1 amide bonds. The van der Waals surface area contributed by atoms with Gasteiger partial charge in [-0.3, -0.25) is 9.59 Å². The predicted octanol–water partition coefficient (Wildman–Crippen LogP) is 2.11. The Morgan fingerprint density at radius 3 is 2.68 bits per heavy atom. The minimum absolute atomic E-state index is 0.0445. The lowest BCUT2D eigenvalue weighted by molar-refractivity contribution is -0.108. The number of rotatable bonds is 8. The van der Waals surface area contributed by atoms with E-state index >= 15 is 0 Å². The SMILES string of the molecule is CCc1c(N2CCN(C(=O)c3ccccc3NSC)CC2)c(=O)n2nc(C3=CCOCC3)nc2n1CC=O. The molecule has 1 aromatic carbocycles. The van der Waals surface area contributed by atoms with Crippen molar-refractivity contribution in [3.05, 3.63) is 57.8 Å². The molecule has 200 valence electrons. The number of aldehydes is 1. The first-order chi connectivity index (χ1) is 18.6. The maximum Gasteiger partial charge on any atom is 0.299 e. The number of para-hydroxylation sites is 1. The number of benzene rings is 1. The van der Waals surface area contributed by atoms with Gasteiger partial charge in [-0.2, -0.15) is 9.50 Å². The van der Waals surface area contributed by atoms with Gasteiger partial charge in [0, 0.05) is 32.4 Å². The van der Waals surface area contributed by atoms with Crippen molar-refractivity contribution in [2.45, 2.75) is 26.3 Å². The van der Waals surface area contributed by atoms with Crippen LogP contribution in [0.2, 0.25) is 0 Å². The number of hydrogen-bond acceptors (Lipinski definition) is 9. The van der Waals surface area contributed by atoms with Crippen LogP contribution in [-0.4, -0.2) is 81.9 Å². The summed E-state index contributed by atoms with van der Waals surface area (Å²) in [5, 5.41) is 4.55. The third-order valence-corrected chi connectivity index (χ3v) is 7.34. The molecule has 0 spiro atoms. The van der Waals surface area contributed by atoms with Crippen molar-refractivity contribution < 1.29 is 14.3 Å². The van der Waals surface area contributed by atoms with Crippen molar-refractivity contribution in [3.8, 4) is 0 Å². The molecule has 0 bridgehead atoms. The maximum absolute atomic E-state index is 13.8. The second-order valence-electron chi connectivity index (χ2n) is 9.06. The number of carbonyl (C=O) groups excluding carboxylic acids is 2. The first-order valence-electron chi connectivity index (χ1n) is 12.7. The van der Waals surface area contributed by atoms with E-state index in [9.17, 15) is 14.4 Å². The zero-order chi connectivity index (χ0) is 26.6. The molecule has 1 saturated heterocycles. The molecule has 12 heteroatoms. The first-order valence-corrected chi connectivity index (χ1v) is 13.9. The van der Waals surface area contributed by atoms with E-state index in [0.29, 0.717) is 75.1 Å². The Bertz CT molecular complexity index is 1440. The molecule has 5 rings (SSSR count). The Kier molecular flexibility index (Phi) is 7.79. The lowest BCUT2D eigenvalue weighted by atomic mass is 10.1. The fraction of sp³-hybridized carbons (Fsp3) is 0.423. The Morgan fingerprint density at radius 1 is 1.21 bits per heavy atom. The lowest BCUT2D eigenvalue weighted by Crippen LogP contribution is -2.51. The van der Waals surface area contributed by atoms with Crippen LogP contribution in [-0.2, 0) is 22.5 Å². The third kappa shape index (κ3) is 4.81. The number of aromatic nitrogens is 4. The van der Waals surface area contributed by atoms with Crippen LogP contribution in [0.3, 0.4) is 0 Å². The molecule has 3 aromatic rings. The van der Waals surface area contributed by atoms with E-state index in [1.807, 2.05) is 53.3 Å². The summed E-state index contributed by atoms with van der Waals surface area (Å²) in [5.74, 6) is 0.797. The van der Waals surface area contributed by atoms with Crippen LogP contribution in [0.1, 0.15) is 35.2 Å². The highest BCUT2D eigenvalue weighted by Gasteiger charge is 2.29. The van der Waals surface area contributed by atoms with Crippen LogP contribution in [0, 0.1) is 0 Å². The zero-order valence-corrected chi connectivity index (χ0v) is 22.4. The molecular formula is C26H31N7O4S. The van der Waals surface area contributed by atoms with Gasteiger partial charge in [0.1, 0.15) is 12.0 Å². The van der Waals surface area contributed by atoms with Crippen molar-refractivity contribution in [1.29, 1.82) is 0 Å². The lowest BCUT2D eigenvalue weighted by Gasteiger charge is -2.37. The van der Waals surface area contributed by atoms with E-state index < -0.39 is 0 Å². The molecule has 4 heterocycles. The second-order valence-corrected chi connectivity index (χ2v) is 9.68. The molecule has 38 heavy (non-hydrogen) atoms. The van der Waals surface area contributed by atoms with Gasteiger partial charge in [-0.05, 0) is 30.5 Å². The van der Waals surface area contributed by atoms with Gasteiger partial charge < -0.3 is 28.6 Å². The summed E-state index contributed by atoms with van der Waals surface area (Å²) < 4.78 is 11.7. The summed E-state index contributed by atoms with van der Waals surface area (Å²) in [5.41, 5.74) is 3.32. The second kappa shape index (κ2) is 11.4. The Hall–Kier alpha value is -3.64. The summed E-state index contributed by atoms with van der Waals surface area (Å²) in [4.78, 5) is 47.2. The highest BCUT2D eigenvalue weighted by molar-refractivity contribution is 7.99. The summed E-state index contributed by atoms with van der Waals surface area (Å²) >= 11 is 1.44. The minimum Gasteiger partial charge on any atom is -0.377 e. The Morgan fingerprint density at radius 2 is 2.00 bits per heavy atom. The molecule has 2 aliphatic rings. The first kappa shape index (κ1) is 26.0. The van der Waals surface area contributed by atoms with Crippen LogP contribution in [0.25, 0.3) is 11.4 Å². The molecule has 0 unspecified atom stereocenters. The summed E-state index contributed by atoms with van der Waals surface area (Å²) in [6.07, 6.45) is 5.86. The number of nitrogens with one attached hydrogen (secondary N) is 1. The fourth-order valence-electron chi connectivity index (χ4n) is 5.07. The van der Waals surface area contributed by atoms with E-state index in [4.69, 9.17) is 4.74 Å². The number of fused-ring (bicyclic) bond motifs is 1. The molecule has 0 aliphatic carbocycles. The fourth-order valence-corrected chi connectivity index (χ4v) is 5.47. The van der Waals surface area contributed by atoms with Gasteiger partial charge in [0.05, 0.1) is 36.7 Å². The van der Waals surface area contributed by atoms with Crippen LogP contribution in [0.15, 0.2) is 35.1 Å². The molecule has 2 aliphatic heterocycles. The molecule has 0 radical (unpaired) electrons. The molecule has 2 aromatic heterocycles. The van der Waals surface area contributed by atoms with Crippen LogP contribution in [0.4, 0.5) is 11.4 Å². The topological polar surface area (TPSA) is 114 Å². The van der Waals surface area contributed by atoms with Gasteiger partial charge in [-0.15, -0.1) is 5.10 Å². The molecule has 11 nitrogen and oxygen atoms in total. The predicted molar refractivity (Wildman–Crippen MR) is 148 cm³/mol. The number of piperazine rings is 1. The van der Waals surface area contributed by atoms with E-state index in [2.05, 4.69) is 14.8 Å². The molecule has 0 atom stereocenters. The highest BCUT2D eigenvalue weighted by Crippen LogP contribution is 2.25. The summed E-state index contributed by atoms with van der Waals surface area (Å²) in [6.45, 7) is 5.00. The van der Waals surface area contributed by atoms with Crippen molar-refractivity contribution >= 4 is 46.9 Å². The van der Waals surface area contributed by atoms with E-state index in [1.165, 1.54) is 16.5 Å². The van der Waals surface area contributed by atoms with Crippen molar-refractivity contribution in [2.75, 3.05) is 55.3 Å².